The molecule has 0 heterocycles. The lowest BCUT2D eigenvalue weighted by Crippen LogP contribution is -2.60. The number of benzene rings is 2. The van der Waals surface area contributed by atoms with E-state index in [1.807, 2.05) is 36.4 Å². The van der Waals surface area contributed by atoms with Crippen LogP contribution in [-0.4, -0.2) is 11.8 Å². The molecule has 0 saturated carbocycles. The van der Waals surface area contributed by atoms with Crippen molar-refractivity contribution in [1.82, 2.24) is 0 Å². The van der Waals surface area contributed by atoms with Crippen molar-refractivity contribution in [3.63, 3.8) is 0 Å². The van der Waals surface area contributed by atoms with Crippen LogP contribution >= 0.6 is 159 Å². The second-order valence-corrected chi connectivity index (χ2v) is 24.5. The molecule has 0 nitrogen and oxygen atoms in total. The molecule has 0 radical (unpaired) electrons. The topological polar surface area (TPSA) is 0 Å². The zero-order valence-corrected chi connectivity index (χ0v) is 29.6. The highest BCUT2D eigenvalue weighted by molar-refractivity contribution is 9.42. The molecule has 2 aromatic carbocycles. The quantitative estimate of drug-likeness (QED) is 0.253. The summed E-state index contributed by atoms with van der Waals surface area (Å²) in [5.41, 5.74) is 2.30. The van der Waals surface area contributed by atoms with Crippen LogP contribution in [0.4, 0.5) is 0 Å². The van der Waals surface area contributed by atoms with Crippen molar-refractivity contribution in [2.75, 3.05) is 0 Å². The Bertz CT molecular complexity index is 783. The molecule has 0 aliphatic carbocycles. The third-order valence-corrected chi connectivity index (χ3v) is 23.1. The first kappa shape index (κ1) is 27.5. The van der Waals surface area contributed by atoms with E-state index < -0.39 is 16.2 Å². The van der Waals surface area contributed by atoms with Gasteiger partial charge in [-0.2, -0.15) is 0 Å². The molecule has 1 atom stereocenters. The molecule has 1 unspecified atom stereocenters. The normalized spacial score (nSPS) is 15.9. The lowest BCUT2D eigenvalue weighted by molar-refractivity contribution is 0.537. The average Bonchev–Trinajstić information content (AvgIpc) is 2.61. The molecule has 0 bridgehead atoms. The van der Waals surface area contributed by atoms with Crippen LogP contribution in [0.15, 0.2) is 60.7 Å². The highest BCUT2D eigenvalue weighted by Crippen LogP contribution is 2.73. The van der Waals surface area contributed by atoms with Gasteiger partial charge >= 0.3 is 0 Å². The molecule has 0 fully saturated rings. The third-order valence-electron chi connectivity index (χ3n) is 4.16. The number of halogens is 10. The molecule has 0 aromatic heterocycles. The maximum absolute atomic E-state index is 4.11. The maximum Gasteiger partial charge on any atom is 0.162 e. The van der Waals surface area contributed by atoms with Crippen LogP contribution in [-0.2, 0) is 10.7 Å². The van der Waals surface area contributed by atoms with E-state index in [1.165, 1.54) is 5.56 Å². The van der Waals surface area contributed by atoms with Gasteiger partial charge in [0.25, 0.3) is 0 Å². The summed E-state index contributed by atoms with van der Waals surface area (Å²) in [5, 5.41) is 0. The molecular weight excluding hydrogens is 1020 g/mol. The van der Waals surface area contributed by atoms with Gasteiger partial charge in [-0.05, 0) is 17.5 Å². The monoisotopic (exact) mass is 1020 g/mol. The Hall–Kier alpha value is 3.24. The molecule has 154 valence electrons. The zero-order chi connectivity index (χ0) is 21.4. The summed E-state index contributed by atoms with van der Waals surface area (Å²) >= 11 is 38.5. The number of hydrogen-bond acceptors (Lipinski definition) is 0. The molecule has 0 saturated heterocycles. The van der Waals surface area contributed by atoms with E-state index in [0.717, 1.165) is 5.56 Å². The Morgan fingerprint density at radius 3 is 1.36 bits per heavy atom. The van der Waals surface area contributed by atoms with Gasteiger partial charge in [0.05, 0.1) is 4.32 Å². The molecule has 2 rings (SSSR count). The Kier molecular flexibility index (Phi) is 10.1. The Labute approximate surface area is 249 Å². The van der Waals surface area contributed by atoms with Crippen LogP contribution in [0.2, 0.25) is 0 Å². The predicted octanol–water partition coefficient (Wildman–Crippen LogP) is 10.8. The molecule has 0 N–H and O–H groups in total. The van der Waals surface area contributed by atoms with E-state index in [1.54, 1.807) is 0 Å². The molecule has 0 aliphatic rings. The van der Waals surface area contributed by atoms with Crippen LogP contribution < -0.4 is 0 Å². The van der Waals surface area contributed by atoms with E-state index >= 15 is 0 Å². The van der Waals surface area contributed by atoms with Gasteiger partial charge in [-0.3, -0.25) is 0 Å². The van der Waals surface area contributed by atoms with Gasteiger partial charge < -0.3 is 0 Å². The van der Waals surface area contributed by atoms with Gasteiger partial charge in [-0.1, -0.05) is 220 Å². The first-order chi connectivity index (χ1) is 12.7. The predicted molar refractivity (Wildman–Crippen MR) is 158 cm³/mol. The van der Waals surface area contributed by atoms with E-state index in [0.29, 0.717) is 6.42 Å². The van der Waals surface area contributed by atoms with E-state index in [2.05, 4.69) is 184 Å². The van der Waals surface area contributed by atoms with Crippen molar-refractivity contribution >= 4 is 159 Å². The van der Waals surface area contributed by atoms with Crippen molar-refractivity contribution in [2.45, 2.75) is 22.6 Å². The van der Waals surface area contributed by atoms with E-state index in [-0.39, 0.29) is 0 Å². The minimum Gasteiger partial charge on any atom is -0.0772 e. The molecule has 0 amide bonds. The molecule has 0 aliphatic heterocycles. The first-order valence-electron chi connectivity index (χ1n) is 7.67. The Morgan fingerprint density at radius 1 is 0.500 bits per heavy atom. The smallest absolute Gasteiger partial charge is 0.0772 e. The van der Waals surface area contributed by atoms with Gasteiger partial charge in [-0.25, -0.2) is 0 Å². The summed E-state index contributed by atoms with van der Waals surface area (Å²) < 4.78 is -3.59. The lowest BCUT2D eigenvalue weighted by atomic mass is 9.87. The van der Waals surface area contributed by atoms with Gasteiger partial charge in [-0.15, -0.1) is 0 Å². The fourth-order valence-electron chi connectivity index (χ4n) is 2.60. The first-order valence-corrected chi connectivity index (χ1v) is 15.6. The standard InChI is InChI=1S/C18H12Br10/c19-14(13-9-5-2-6-10-13,11-12-7-3-1-4-8-12)15(20,21)16(22,23)17(24,25)18(26,27)28/h1-10H,11H2. The summed E-state index contributed by atoms with van der Waals surface area (Å²) in [6.45, 7) is 0. The van der Waals surface area contributed by atoms with Gasteiger partial charge in [0.2, 0.25) is 0 Å². The largest absolute Gasteiger partial charge is 0.162 e. The van der Waals surface area contributed by atoms with Crippen molar-refractivity contribution in [3.05, 3.63) is 71.8 Å². The van der Waals surface area contributed by atoms with Gasteiger partial charge in [0.1, 0.15) is 9.70 Å². The van der Waals surface area contributed by atoms with E-state index in [4.69, 9.17) is 0 Å². The van der Waals surface area contributed by atoms with Gasteiger partial charge in [0.15, 0.2) is 2.14 Å². The molecule has 10 heteroatoms. The molecular formula is C18H12Br10. The summed E-state index contributed by atoms with van der Waals surface area (Å²) in [4.78, 5) is 0. The zero-order valence-electron chi connectivity index (χ0n) is 13.8. The number of alkyl halides is 10. The van der Waals surface area contributed by atoms with Crippen molar-refractivity contribution < 1.29 is 0 Å². The summed E-state index contributed by atoms with van der Waals surface area (Å²) in [5.74, 6) is 0. The molecule has 2 aromatic rings. The number of rotatable bonds is 6. The number of hydrogen-bond donors (Lipinski definition) is 0. The fraction of sp³-hybridized carbons (Fsp3) is 0.333. The SMILES string of the molecule is BrC(Br)(Br)C(Br)(Br)C(Br)(Br)C(Br)(Br)C(Br)(Cc1ccccc1)c1ccccc1. The van der Waals surface area contributed by atoms with E-state index in [9.17, 15) is 0 Å². The van der Waals surface area contributed by atoms with Crippen LogP contribution in [0.5, 0.6) is 0 Å². The van der Waals surface area contributed by atoms with Crippen LogP contribution in [0, 0.1) is 0 Å². The van der Waals surface area contributed by atoms with Crippen LogP contribution in [0.3, 0.4) is 0 Å². The minimum atomic E-state index is -0.801. The second kappa shape index (κ2) is 10.2. The second-order valence-electron chi connectivity index (χ2n) is 6.05. The third kappa shape index (κ3) is 5.31. The highest BCUT2D eigenvalue weighted by Gasteiger charge is 2.70. The van der Waals surface area contributed by atoms with Crippen molar-refractivity contribution in [3.8, 4) is 0 Å². The Morgan fingerprint density at radius 2 is 0.929 bits per heavy atom. The summed E-state index contributed by atoms with van der Waals surface area (Å²) in [7, 11) is 0. The molecule has 0 spiro atoms. The maximum atomic E-state index is 4.11. The average molecular weight is 1030 g/mol. The lowest BCUT2D eigenvalue weighted by Gasteiger charge is -2.53. The van der Waals surface area contributed by atoms with Crippen LogP contribution in [0.1, 0.15) is 11.1 Å². The van der Waals surface area contributed by atoms with Crippen LogP contribution in [0.25, 0.3) is 0 Å². The molecule has 28 heavy (non-hydrogen) atoms. The van der Waals surface area contributed by atoms with Gasteiger partial charge in [0, 0.05) is 0 Å². The van der Waals surface area contributed by atoms with Crippen molar-refractivity contribution in [1.29, 1.82) is 0 Å². The highest BCUT2D eigenvalue weighted by atomic mass is 80.0. The van der Waals surface area contributed by atoms with Crippen molar-refractivity contribution in [2.24, 2.45) is 0 Å². The summed E-state index contributed by atoms with van der Waals surface area (Å²) in [6, 6.07) is 20.7. The minimum absolute atomic E-state index is 0.569. The summed E-state index contributed by atoms with van der Waals surface area (Å²) in [6.07, 6.45) is 0.712. The Balaban J connectivity index is 2.68. The fourth-order valence-corrected chi connectivity index (χ4v) is 10.8.